The maximum atomic E-state index is 13.0. The second-order valence-corrected chi connectivity index (χ2v) is 7.03. The Hall–Kier alpha value is -2.99. The Morgan fingerprint density at radius 1 is 1.17 bits per heavy atom. The van der Waals surface area contributed by atoms with Crippen LogP contribution in [0.5, 0.6) is 5.75 Å². The van der Waals surface area contributed by atoms with Gasteiger partial charge < -0.3 is 9.72 Å². The van der Waals surface area contributed by atoms with Crippen LogP contribution in [0.3, 0.4) is 0 Å². The molecule has 156 valence electrons. The Bertz CT molecular complexity index is 1010. The van der Waals surface area contributed by atoms with Gasteiger partial charge in [-0.3, -0.25) is 0 Å². The van der Waals surface area contributed by atoms with Gasteiger partial charge in [-0.1, -0.05) is 54.1 Å². The molecule has 1 aliphatic carbocycles. The number of nitrogens with one attached hydrogen (secondary N) is 1. The van der Waals surface area contributed by atoms with Crippen molar-refractivity contribution in [2.75, 3.05) is 7.11 Å². The van der Waals surface area contributed by atoms with Crippen LogP contribution in [0, 0.1) is 0 Å². The molecule has 2 aromatic carbocycles. The standard InChI is InChI=1S/C20H16ClF3O.C3H4N2/c1-25-19-12-17(21)8-9-18(19)15-6-2-4-13(10-15)14-5-3-7-16(11-14)20(22,23)24;1-2-5-3-4-1/h2-4,6-12,14H,5H2,1H3;1-3H,(H,4,5). The fourth-order valence-electron chi connectivity index (χ4n) is 3.16. The Labute approximate surface area is 177 Å². The normalized spacial score (nSPS) is 15.8. The van der Waals surface area contributed by atoms with E-state index in [1.165, 1.54) is 6.08 Å². The summed E-state index contributed by atoms with van der Waals surface area (Å²) >= 11 is 5.99. The summed E-state index contributed by atoms with van der Waals surface area (Å²) in [6, 6.07) is 12.8. The van der Waals surface area contributed by atoms with E-state index in [0.717, 1.165) is 22.8 Å². The number of alkyl halides is 3. The lowest BCUT2D eigenvalue weighted by molar-refractivity contribution is -0.0887. The summed E-state index contributed by atoms with van der Waals surface area (Å²) in [5.74, 6) is 0.319. The third-order valence-electron chi connectivity index (χ3n) is 4.59. The van der Waals surface area contributed by atoms with Gasteiger partial charge in [0.15, 0.2) is 0 Å². The van der Waals surface area contributed by atoms with E-state index in [1.807, 2.05) is 30.3 Å². The average molecular weight is 433 g/mol. The van der Waals surface area contributed by atoms with E-state index < -0.39 is 11.7 Å². The molecule has 1 heterocycles. The summed E-state index contributed by atoms with van der Waals surface area (Å²) in [4.78, 5) is 6.42. The molecule has 4 rings (SSSR count). The first kappa shape index (κ1) is 21.7. The molecule has 0 saturated heterocycles. The highest BCUT2D eigenvalue weighted by molar-refractivity contribution is 6.30. The Kier molecular flexibility index (Phi) is 7.00. The number of hydrogen-bond acceptors (Lipinski definition) is 2. The van der Waals surface area contributed by atoms with E-state index in [1.54, 1.807) is 44.0 Å². The predicted molar refractivity (Wildman–Crippen MR) is 113 cm³/mol. The number of imidazole rings is 1. The molecule has 0 amide bonds. The molecule has 7 heteroatoms. The lowest BCUT2D eigenvalue weighted by atomic mass is 9.88. The highest BCUT2D eigenvalue weighted by Gasteiger charge is 2.33. The van der Waals surface area contributed by atoms with Crippen LogP contribution < -0.4 is 4.74 Å². The van der Waals surface area contributed by atoms with Crippen molar-refractivity contribution in [3.63, 3.8) is 0 Å². The van der Waals surface area contributed by atoms with Gasteiger partial charge in [-0.15, -0.1) is 0 Å². The molecule has 1 aromatic heterocycles. The number of allylic oxidation sites excluding steroid dienone is 4. The third-order valence-corrected chi connectivity index (χ3v) is 4.83. The smallest absolute Gasteiger partial charge is 0.416 e. The van der Waals surface area contributed by atoms with Gasteiger partial charge in [0, 0.05) is 28.9 Å². The topological polar surface area (TPSA) is 37.9 Å². The van der Waals surface area contributed by atoms with E-state index in [4.69, 9.17) is 16.3 Å². The molecule has 0 spiro atoms. The molecular formula is C23H20ClF3N2O. The number of methoxy groups -OCH3 is 1. The molecule has 0 radical (unpaired) electrons. The van der Waals surface area contributed by atoms with Gasteiger partial charge in [0.25, 0.3) is 0 Å². The van der Waals surface area contributed by atoms with Crippen LogP contribution in [-0.2, 0) is 0 Å². The fourth-order valence-corrected chi connectivity index (χ4v) is 3.32. The molecule has 1 N–H and O–H groups in total. The number of aromatic nitrogens is 2. The van der Waals surface area contributed by atoms with Crippen molar-refractivity contribution in [1.82, 2.24) is 9.97 Å². The lowest BCUT2D eigenvalue weighted by Crippen LogP contribution is -2.13. The van der Waals surface area contributed by atoms with Crippen LogP contribution >= 0.6 is 11.6 Å². The summed E-state index contributed by atoms with van der Waals surface area (Å²) in [6.07, 6.45) is 5.30. The largest absolute Gasteiger partial charge is 0.496 e. The minimum absolute atomic E-state index is 0.306. The minimum Gasteiger partial charge on any atom is -0.496 e. The summed E-state index contributed by atoms with van der Waals surface area (Å²) in [5, 5.41) is 0.562. The lowest BCUT2D eigenvalue weighted by Gasteiger charge is -2.19. The number of halogens is 4. The van der Waals surface area contributed by atoms with Crippen molar-refractivity contribution >= 4 is 11.6 Å². The maximum Gasteiger partial charge on any atom is 0.416 e. The number of ether oxygens (including phenoxy) is 1. The van der Waals surface area contributed by atoms with Gasteiger partial charge in [0.2, 0.25) is 0 Å². The third kappa shape index (κ3) is 5.54. The molecule has 3 nitrogen and oxygen atoms in total. The van der Waals surface area contributed by atoms with Gasteiger partial charge >= 0.3 is 6.18 Å². The SMILES string of the molecule is COc1cc(Cl)ccc1-c1cccc(C2C=C(C(F)(F)F)C=CC2)c1.c1c[nH]cn1. The second-order valence-electron chi connectivity index (χ2n) is 6.59. The first-order valence-electron chi connectivity index (χ1n) is 9.20. The van der Waals surface area contributed by atoms with Crippen LogP contribution in [-0.4, -0.2) is 23.3 Å². The molecule has 0 bridgehead atoms. The minimum atomic E-state index is -4.33. The molecule has 1 unspecified atom stereocenters. The van der Waals surface area contributed by atoms with Gasteiger partial charge in [0.1, 0.15) is 5.75 Å². The number of nitrogens with zero attached hydrogens (tertiary/aromatic N) is 1. The first-order chi connectivity index (χ1) is 14.4. The first-order valence-corrected chi connectivity index (χ1v) is 9.58. The summed E-state index contributed by atoms with van der Waals surface area (Å²) in [7, 11) is 1.56. The van der Waals surface area contributed by atoms with Crippen LogP contribution in [0.4, 0.5) is 13.2 Å². The van der Waals surface area contributed by atoms with E-state index in [-0.39, 0.29) is 5.92 Å². The summed E-state index contributed by atoms with van der Waals surface area (Å²) in [5.41, 5.74) is 1.96. The number of rotatable bonds is 3. The highest BCUT2D eigenvalue weighted by atomic mass is 35.5. The summed E-state index contributed by atoms with van der Waals surface area (Å²) in [6.45, 7) is 0. The van der Waals surface area contributed by atoms with Crippen LogP contribution in [0.25, 0.3) is 11.1 Å². The average Bonchev–Trinajstić information content (AvgIpc) is 3.33. The zero-order valence-electron chi connectivity index (χ0n) is 16.2. The van der Waals surface area contributed by atoms with E-state index in [2.05, 4.69) is 9.97 Å². The van der Waals surface area contributed by atoms with Crippen LogP contribution in [0.15, 0.2) is 85.0 Å². The van der Waals surface area contributed by atoms with Crippen molar-refractivity contribution < 1.29 is 17.9 Å². The molecule has 0 fully saturated rings. The van der Waals surface area contributed by atoms with Gasteiger partial charge in [-0.2, -0.15) is 13.2 Å². The number of aromatic amines is 1. The summed E-state index contributed by atoms with van der Waals surface area (Å²) < 4.78 is 44.3. The Morgan fingerprint density at radius 3 is 2.63 bits per heavy atom. The molecular weight excluding hydrogens is 413 g/mol. The van der Waals surface area contributed by atoms with Crippen LogP contribution in [0.2, 0.25) is 5.02 Å². The molecule has 0 saturated carbocycles. The van der Waals surface area contributed by atoms with Crippen molar-refractivity contribution in [3.05, 3.63) is 95.6 Å². The van der Waals surface area contributed by atoms with Crippen molar-refractivity contribution in [2.45, 2.75) is 18.5 Å². The van der Waals surface area contributed by atoms with Crippen molar-refractivity contribution in [2.24, 2.45) is 0 Å². The maximum absolute atomic E-state index is 13.0. The molecule has 3 aromatic rings. The van der Waals surface area contributed by atoms with E-state index in [9.17, 15) is 13.2 Å². The highest BCUT2D eigenvalue weighted by Crippen LogP contribution is 2.38. The van der Waals surface area contributed by atoms with Crippen molar-refractivity contribution in [1.29, 1.82) is 0 Å². The van der Waals surface area contributed by atoms with Crippen molar-refractivity contribution in [3.8, 4) is 16.9 Å². The fraction of sp³-hybridized carbons (Fsp3) is 0.174. The van der Waals surface area contributed by atoms with E-state index >= 15 is 0 Å². The van der Waals surface area contributed by atoms with Crippen LogP contribution in [0.1, 0.15) is 17.9 Å². The quantitative estimate of drug-likeness (QED) is 0.486. The second kappa shape index (κ2) is 9.67. The number of benzene rings is 2. The zero-order valence-corrected chi connectivity index (χ0v) is 16.9. The Balaban J connectivity index is 0.000000448. The molecule has 1 aliphatic rings. The molecule has 0 aliphatic heterocycles. The number of hydrogen-bond donors (Lipinski definition) is 1. The number of H-pyrrole nitrogens is 1. The van der Waals surface area contributed by atoms with E-state index in [0.29, 0.717) is 17.2 Å². The van der Waals surface area contributed by atoms with Gasteiger partial charge in [-0.05, 0) is 35.7 Å². The molecule has 30 heavy (non-hydrogen) atoms. The monoisotopic (exact) mass is 432 g/mol. The Morgan fingerprint density at radius 2 is 2.00 bits per heavy atom. The predicted octanol–water partition coefficient (Wildman–Crippen LogP) is 6.96. The zero-order chi connectivity index (χ0) is 21.6. The van der Waals surface area contributed by atoms with Gasteiger partial charge in [-0.25, -0.2) is 4.98 Å². The molecule has 1 atom stereocenters. The van der Waals surface area contributed by atoms with Gasteiger partial charge in [0.05, 0.1) is 19.0 Å².